The number of nitrogens with zero attached hydrogens (tertiary/aromatic N) is 3. The number of anilines is 3. The topological polar surface area (TPSA) is 79.8 Å². The highest BCUT2D eigenvalue weighted by atomic mass is 32.2. The van der Waals surface area contributed by atoms with Gasteiger partial charge in [-0.05, 0) is 67.6 Å². The second kappa shape index (κ2) is 9.79. The second-order valence-electron chi connectivity index (χ2n) is 7.38. The fraction of sp³-hybridized carbons (Fsp3) is 0.120. The highest BCUT2D eigenvalue weighted by Gasteiger charge is 2.14. The van der Waals surface area contributed by atoms with E-state index >= 15 is 0 Å². The number of para-hydroxylation sites is 1. The number of nitrogens with one attached hydrogen (secondary N) is 2. The van der Waals surface area contributed by atoms with Gasteiger partial charge in [-0.3, -0.25) is 4.79 Å². The molecule has 1 amide bonds. The summed E-state index contributed by atoms with van der Waals surface area (Å²) in [4.78, 5) is 26.0. The molecule has 6 nitrogen and oxygen atoms in total. The highest BCUT2D eigenvalue weighted by Crippen LogP contribution is 2.30. The molecule has 0 saturated heterocycles. The zero-order chi connectivity index (χ0) is 23.4. The maximum atomic E-state index is 14.2. The molecule has 166 valence electrons. The van der Waals surface area contributed by atoms with Gasteiger partial charge in [-0.1, -0.05) is 18.2 Å². The number of amides is 1. The van der Waals surface area contributed by atoms with Crippen LogP contribution < -0.4 is 10.6 Å². The molecule has 0 aliphatic rings. The summed E-state index contributed by atoms with van der Waals surface area (Å²) >= 11 is 1.43. The van der Waals surface area contributed by atoms with Crippen LogP contribution in [0, 0.1) is 19.8 Å². The molecule has 0 saturated carbocycles. The van der Waals surface area contributed by atoms with E-state index in [0.717, 1.165) is 21.7 Å². The lowest BCUT2D eigenvalue weighted by Gasteiger charge is -2.12. The van der Waals surface area contributed by atoms with Crippen LogP contribution in [0.15, 0.2) is 71.9 Å². The molecule has 0 spiro atoms. The first-order valence-corrected chi connectivity index (χ1v) is 11.5. The van der Waals surface area contributed by atoms with Gasteiger partial charge < -0.3 is 10.6 Å². The molecule has 0 fully saturated rings. The normalized spacial score (nSPS) is 10.7. The van der Waals surface area contributed by atoms with Gasteiger partial charge in [0.05, 0.1) is 16.2 Å². The van der Waals surface area contributed by atoms with Crippen molar-refractivity contribution in [2.75, 3.05) is 16.9 Å². The molecule has 0 aliphatic heterocycles. The van der Waals surface area contributed by atoms with Crippen LogP contribution in [-0.2, 0) is 0 Å². The summed E-state index contributed by atoms with van der Waals surface area (Å²) in [6, 6.07) is 16.2. The Balaban J connectivity index is 1.53. The molecule has 0 unspecified atom stereocenters. The minimum atomic E-state index is -0.586. The molecule has 2 aromatic heterocycles. The fourth-order valence-corrected chi connectivity index (χ4v) is 3.87. The molecule has 4 rings (SSSR count). The Morgan fingerprint density at radius 1 is 0.970 bits per heavy atom. The van der Waals surface area contributed by atoms with Gasteiger partial charge in [0.2, 0.25) is 11.9 Å². The van der Waals surface area contributed by atoms with Gasteiger partial charge >= 0.3 is 0 Å². The maximum Gasteiger partial charge on any atom is 0.255 e. The smallest absolute Gasteiger partial charge is 0.255 e. The number of aromatic nitrogens is 3. The lowest BCUT2D eigenvalue weighted by atomic mass is 10.1. The second-order valence-corrected chi connectivity index (χ2v) is 8.22. The van der Waals surface area contributed by atoms with Gasteiger partial charge in [0, 0.05) is 29.3 Å². The highest BCUT2D eigenvalue weighted by molar-refractivity contribution is 7.98. The average Bonchev–Trinajstić information content (AvgIpc) is 2.82. The summed E-state index contributed by atoms with van der Waals surface area (Å²) in [5, 5.41) is 6.09. The van der Waals surface area contributed by atoms with E-state index in [1.54, 1.807) is 42.6 Å². The monoisotopic (exact) mass is 459 g/mol. The summed E-state index contributed by atoms with van der Waals surface area (Å²) in [6.07, 6.45) is 4.93. The number of hydrogen-bond acceptors (Lipinski definition) is 6. The zero-order valence-corrected chi connectivity index (χ0v) is 19.2. The van der Waals surface area contributed by atoms with Crippen molar-refractivity contribution in [1.82, 2.24) is 15.0 Å². The molecule has 2 aromatic carbocycles. The summed E-state index contributed by atoms with van der Waals surface area (Å²) in [7, 11) is 0. The van der Waals surface area contributed by atoms with Crippen LogP contribution in [0.2, 0.25) is 0 Å². The van der Waals surface area contributed by atoms with Crippen LogP contribution >= 0.6 is 11.8 Å². The third-order valence-electron chi connectivity index (χ3n) is 5.11. The average molecular weight is 460 g/mol. The van der Waals surface area contributed by atoms with Gasteiger partial charge in [0.15, 0.2) is 0 Å². The predicted molar refractivity (Wildman–Crippen MR) is 131 cm³/mol. The molecule has 0 bridgehead atoms. The van der Waals surface area contributed by atoms with Crippen LogP contribution in [0.5, 0.6) is 0 Å². The number of hydrogen-bond donors (Lipinski definition) is 2. The standard InChI is InChI=1S/C25H22FN5OS/c1-15-6-4-7-16(2)21(15)30-24(32)17-9-11-18(12-10-17)29-25-28-14-20(33-3)22(31-25)19-8-5-13-27-23(19)26/h4-14H,1-3H3,(H,30,32)(H,28,29,31). The summed E-state index contributed by atoms with van der Waals surface area (Å²) < 4.78 is 14.2. The van der Waals surface area contributed by atoms with Crippen molar-refractivity contribution in [1.29, 1.82) is 0 Å². The largest absolute Gasteiger partial charge is 0.324 e. The van der Waals surface area contributed by atoms with Gasteiger partial charge in [-0.15, -0.1) is 11.8 Å². The van der Waals surface area contributed by atoms with Crippen LogP contribution in [0.3, 0.4) is 0 Å². The molecule has 0 radical (unpaired) electrons. The van der Waals surface area contributed by atoms with Crippen LogP contribution in [0.1, 0.15) is 21.5 Å². The predicted octanol–water partition coefficient (Wildman–Crippen LogP) is 6.01. The van der Waals surface area contributed by atoms with Crippen molar-refractivity contribution in [2.24, 2.45) is 0 Å². The first-order chi connectivity index (χ1) is 16.0. The third-order valence-corrected chi connectivity index (χ3v) is 5.85. The minimum absolute atomic E-state index is 0.186. The Kier molecular flexibility index (Phi) is 6.65. The Morgan fingerprint density at radius 3 is 2.36 bits per heavy atom. The molecular formula is C25H22FN5OS. The Labute approximate surface area is 195 Å². The fourth-order valence-electron chi connectivity index (χ4n) is 3.37. The number of pyridine rings is 1. The molecule has 33 heavy (non-hydrogen) atoms. The van der Waals surface area contributed by atoms with E-state index in [2.05, 4.69) is 25.6 Å². The van der Waals surface area contributed by atoms with E-state index < -0.39 is 5.95 Å². The SMILES string of the molecule is CSc1cnc(Nc2ccc(C(=O)Nc3c(C)cccc3C)cc2)nc1-c1cccnc1F. The van der Waals surface area contributed by atoms with E-state index in [0.29, 0.717) is 28.5 Å². The van der Waals surface area contributed by atoms with Crippen molar-refractivity contribution >= 4 is 35.0 Å². The van der Waals surface area contributed by atoms with E-state index in [-0.39, 0.29) is 5.91 Å². The molecule has 4 aromatic rings. The number of benzene rings is 2. The van der Waals surface area contributed by atoms with Crippen molar-refractivity contribution in [2.45, 2.75) is 18.7 Å². The first kappa shape index (κ1) is 22.4. The van der Waals surface area contributed by atoms with Crippen molar-refractivity contribution in [3.63, 3.8) is 0 Å². The molecular weight excluding hydrogens is 437 g/mol. The number of aryl methyl sites for hydroxylation is 2. The summed E-state index contributed by atoms with van der Waals surface area (Å²) in [5.41, 5.74) is 4.85. The van der Waals surface area contributed by atoms with E-state index in [9.17, 15) is 9.18 Å². The molecule has 0 aliphatic carbocycles. The van der Waals surface area contributed by atoms with Gasteiger partial charge in [-0.25, -0.2) is 15.0 Å². The van der Waals surface area contributed by atoms with E-state index in [1.165, 1.54) is 18.0 Å². The Morgan fingerprint density at radius 2 is 1.70 bits per heavy atom. The molecule has 2 N–H and O–H groups in total. The molecule has 0 atom stereocenters. The number of carbonyl (C=O) groups is 1. The lowest BCUT2D eigenvalue weighted by molar-refractivity contribution is 0.102. The van der Waals surface area contributed by atoms with Crippen LogP contribution in [-0.4, -0.2) is 27.1 Å². The quantitative estimate of drug-likeness (QED) is 0.271. The van der Waals surface area contributed by atoms with Crippen molar-refractivity contribution in [3.8, 4) is 11.3 Å². The van der Waals surface area contributed by atoms with Crippen LogP contribution in [0.25, 0.3) is 11.3 Å². The summed E-state index contributed by atoms with van der Waals surface area (Å²) in [5.74, 6) is -0.454. The third kappa shape index (κ3) is 5.01. The van der Waals surface area contributed by atoms with E-state index in [1.807, 2.05) is 38.3 Å². The number of halogens is 1. The first-order valence-electron chi connectivity index (χ1n) is 10.2. The van der Waals surface area contributed by atoms with Crippen molar-refractivity contribution in [3.05, 3.63) is 89.6 Å². The molecule has 2 heterocycles. The van der Waals surface area contributed by atoms with Gasteiger partial charge in [-0.2, -0.15) is 4.39 Å². The lowest BCUT2D eigenvalue weighted by Crippen LogP contribution is -2.13. The number of carbonyl (C=O) groups excluding carboxylic acids is 1. The van der Waals surface area contributed by atoms with Crippen molar-refractivity contribution < 1.29 is 9.18 Å². The summed E-state index contributed by atoms with van der Waals surface area (Å²) in [6.45, 7) is 3.92. The Hall–Kier alpha value is -3.78. The van der Waals surface area contributed by atoms with Gasteiger partial charge in [0.1, 0.15) is 0 Å². The minimum Gasteiger partial charge on any atom is -0.324 e. The van der Waals surface area contributed by atoms with E-state index in [4.69, 9.17) is 0 Å². The van der Waals surface area contributed by atoms with Gasteiger partial charge in [0.25, 0.3) is 5.91 Å². The Bertz CT molecular complexity index is 1290. The molecule has 8 heteroatoms. The van der Waals surface area contributed by atoms with Crippen LogP contribution in [0.4, 0.5) is 21.7 Å². The maximum absolute atomic E-state index is 14.2. The number of rotatable bonds is 6. The number of thioether (sulfide) groups is 1. The zero-order valence-electron chi connectivity index (χ0n) is 18.4.